The van der Waals surface area contributed by atoms with Crippen molar-refractivity contribution < 1.29 is 14.7 Å². The first-order valence-electron chi connectivity index (χ1n) is 6.13. The van der Waals surface area contributed by atoms with Crippen molar-refractivity contribution in [1.29, 1.82) is 0 Å². The van der Waals surface area contributed by atoms with E-state index in [9.17, 15) is 9.59 Å². The smallest absolute Gasteiger partial charge is 0.315 e. The van der Waals surface area contributed by atoms with E-state index in [0.29, 0.717) is 5.92 Å². The van der Waals surface area contributed by atoms with Gasteiger partial charge in [0, 0.05) is 19.1 Å². The Hall–Kier alpha value is -1.30. The van der Waals surface area contributed by atoms with Crippen LogP contribution in [0.3, 0.4) is 0 Å². The molecule has 6 heteroatoms. The predicted octanol–water partition coefficient (Wildman–Crippen LogP) is -0.145. The number of aliphatic carboxylic acids is 1. The Morgan fingerprint density at radius 1 is 1.29 bits per heavy atom. The zero-order valence-corrected chi connectivity index (χ0v) is 9.82. The summed E-state index contributed by atoms with van der Waals surface area (Å²) < 4.78 is 0. The Morgan fingerprint density at radius 2 is 2.00 bits per heavy atom. The van der Waals surface area contributed by atoms with Crippen LogP contribution in [0.5, 0.6) is 0 Å². The topological polar surface area (TPSA) is 81.7 Å². The molecule has 0 aromatic heterocycles. The maximum absolute atomic E-state index is 11.5. The second kappa shape index (κ2) is 5.35. The molecule has 0 saturated carbocycles. The van der Waals surface area contributed by atoms with Crippen LogP contribution in [0.1, 0.15) is 19.3 Å². The van der Waals surface area contributed by atoms with E-state index in [1.807, 2.05) is 0 Å². The number of carbonyl (C=O) groups is 2. The molecule has 3 saturated heterocycles. The van der Waals surface area contributed by atoms with Gasteiger partial charge in [-0.2, -0.15) is 0 Å². The number of hydrogen-bond acceptors (Lipinski definition) is 3. The van der Waals surface area contributed by atoms with Crippen molar-refractivity contribution >= 4 is 12.0 Å². The van der Waals surface area contributed by atoms with E-state index in [0.717, 1.165) is 32.5 Å². The number of urea groups is 1. The first kappa shape index (κ1) is 12.2. The number of nitrogens with zero attached hydrogens (tertiary/aromatic N) is 1. The first-order valence-corrected chi connectivity index (χ1v) is 6.13. The number of carboxylic acids is 1. The normalized spacial score (nSPS) is 30.9. The van der Waals surface area contributed by atoms with Gasteiger partial charge < -0.3 is 20.6 Å². The van der Waals surface area contributed by atoms with E-state index < -0.39 is 5.97 Å². The first-order chi connectivity index (χ1) is 8.15. The molecule has 0 radical (unpaired) electrons. The predicted molar refractivity (Wildman–Crippen MR) is 61.7 cm³/mol. The Morgan fingerprint density at radius 3 is 2.53 bits per heavy atom. The van der Waals surface area contributed by atoms with Crippen LogP contribution < -0.4 is 10.6 Å². The highest BCUT2D eigenvalue weighted by molar-refractivity contribution is 5.75. The summed E-state index contributed by atoms with van der Waals surface area (Å²) in [5.74, 6) is -0.307. The molecule has 0 aromatic rings. The zero-order valence-electron chi connectivity index (χ0n) is 9.82. The van der Waals surface area contributed by atoms with Gasteiger partial charge in [-0.25, -0.2) is 4.79 Å². The summed E-state index contributed by atoms with van der Waals surface area (Å²) in [6.45, 7) is 3.40. The number of fused-ring (bicyclic) bond motifs is 3. The molecule has 6 nitrogen and oxygen atoms in total. The average molecular weight is 241 g/mol. The summed E-state index contributed by atoms with van der Waals surface area (Å²) in [5.41, 5.74) is 0. The molecule has 3 N–H and O–H groups in total. The Bertz CT molecular complexity index is 300. The highest BCUT2D eigenvalue weighted by atomic mass is 16.4. The summed E-state index contributed by atoms with van der Waals surface area (Å²) in [5, 5.41) is 14.0. The number of nitrogens with one attached hydrogen (secondary N) is 2. The molecule has 3 fully saturated rings. The number of amides is 2. The van der Waals surface area contributed by atoms with Gasteiger partial charge in [-0.05, 0) is 31.8 Å². The van der Waals surface area contributed by atoms with E-state index in [1.165, 1.54) is 0 Å². The van der Waals surface area contributed by atoms with E-state index in [-0.39, 0.29) is 25.0 Å². The fourth-order valence-electron chi connectivity index (χ4n) is 2.63. The van der Waals surface area contributed by atoms with Crippen molar-refractivity contribution in [3.8, 4) is 0 Å². The average Bonchev–Trinajstić information content (AvgIpc) is 2.30. The van der Waals surface area contributed by atoms with E-state index in [4.69, 9.17) is 5.11 Å². The van der Waals surface area contributed by atoms with Gasteiger partial charge in [0.2, 0.25) is 0 Å². The minimum Gasteiger partial charge on any atom is -0.481 e. The third-order valence-electron chi connectivity index (χ3n) is 3.60. The van der Waals surface area contributed by atoms with Crippen LogP contribution in [-0.2, 0) is 4.79 Å². The van der Waals surface area contributed by atoms with Crippen molar-refractivity contribution in [3.05, 3.63) is 0 Å². The summed E-state index contributed by atoms with van der Waals surface area (Å²) in [4.78, 5) is 24.2. The molecular weight excluding hydrogens is 222 g/mol. The van der Waals surface area contributed by atoms with Crippen LogP contribution in [0.15, 0.2) is 0 Å². The van der Waals surface area contributed by atoms with Gasteiger partial charge in [-0.15, -0.1) is 0 Å². The molecule has 17 heavy (non-hydrogen) atoms. The van der Waals surface area contributed by atoms with Crippen LogP contribution in [0, 0.1) is 5.92 Å². The lowest BCUT2D eigenvalue weighted by Gasteiger charge is -2.44. The second-order valence-corrected chi connectivity index (χ2v) is 4.79. The lowest BCUT2D eigenvalue weighted by molar-refractivity contribution is -0.136. The second-order valence-electron chi connectivity index (χ2n) is 4.79. The number of piperidine rings is 3. The van der Waals surface area contributed by atoms with Crippen molar-refractivity contribution in [1.82, 2.24) is 15.5 Å². The van der Waals surface area contributed by atoms with Crippen molar-refractivity contribution in [2.45, 2.75) is 25.3 Å². The number of hydrogen-bond donors (Lipinski definition) is 3. The highest BCUT2D eigenvalue weighted by Gasteiger charge is 2.34. The fraction of sp³-hybridized carbons (Fsp3) is 0.818. The van der Waals surface area contributed by atoms with E-state index in [2.05, 4.69) is 15.5 Å². The van der Waals surface area contributed by atoms with Gasteiger partial charge in [0.1, 0.15) is 0 Å². The molecule has 2 amide bonds. The van der Waals surface area contributed by atoms with Crippen LogP contribution in [0.2, 0.25) is 0 Å². The lowest BCUT2D eigenvalue weighted by atomic mass is 9.84. The lowest BCUT2D eigenvalue weighted by Crippen LogP contribution is -2.58. The molecule has 3 aliphatic rings. The third-order valence-corrected chi connectivity index (χ3v) is 3.60. The molecule has 0 spiro atoms. The summed E-state index contributed by atoms with van der Waals surface area (Å²) >= 11 is 0. The molecular formula is C11H19N3O3. The van der Waals surface area contributed by atoms with Gasteiger partial charge in [-0.3, -0.25) is 4.79 Å². The minimum atomic E-state index is -0.895. The Balaban J connectivity index is 1.70. The van der Waals surface area contributed by atoms with Crippen LogP contribution in [-0.4, -0.2) is 54.2 Å². The summed E-state index contributed by atoms with van der Waals surface area (Å²) in [6.07, 6.45) is 2.27. The van der Waals surface area contributed by atoms with Crippen molar-refractivity contribution in [2.75, 3.05) is 26.2 Å². The van der Waals surface area contributed by atoms with E-state index >= 15 is 0 Å². The van der Waals surface area contributed by atoms with Crippen molar-refractivity contribution in [2.24, 2.45) is 5.92 Å². The Labute approximate surface area is 100 Å². The van der Waals surface area contributed by atoms with Crippen LogP contribution in [0.4, 0.5) is 4.79 Å². The van der Waals surface area contributed by atoms with Gasteiger partial charge in [0.25, 0.3) is 0 Å². The molecule has 96 valence electrons. The summed E-state index contributed by atoms with van der Waals surface area (Å²) in [6, 6.07) is -0.0210. The number of carbonyl (C=O) groups excluding carboxylic acids is 1. The largest absolute Gasteiger partial charge is 0.481 e. The highest BCUT2D eigenvalue weighted by Crippen LogP contribution is 2.27. The standard InChI is InChI=1S/C11H19N3O3/c15-10(16)1-4-12-11(17)13-9-7-14-5-2-8(9)3-6-14/h8-9H,1-7H2,(H,15,16)(H2,12,13,17). The van der Waals surface area contributed by atoms with Gasteiger partial charge in [0.05, 0.1) is 6.42 Å². The maximum atomic E-state index is 11.5. The molecule has 0 aromatic carbocycles. The zero-order chi connectivity index (χ0) is 12.3. The van der Waals surface area contributed by atoms with Gasteiger partial charge >= 0.3 is 12.0 Å². The molecule has 2 bridgehead atoms. The molecule has 3 aliphatic heterocycles. The quantitative estimate of drug-likeness (QED) is 0.639. The molecule has 1 unspecified atom stereocenters. The summed E-state index contributed by atoms with van der Waals surface area (Å²) in [7, 11) is 0. The van der Waals surface area contributed by atoms with Gasteiger partial charge in [-0.1, -0.05) is 0 Å². The minimum absolute atomic E-state index is 0.0341. The molecule has 3 rings (SSSR count). The van der Waals surface area contributed by atoms with Crippen molar-refractivity contribution in [3.63, 3.8) is 0 Å². The Kier molecular flexibility index (Phi) is 3.83. The molecule has 3 heterocycles. The molecule has 0 aliphatic carbocycles. The molecule has 1 atom stereocenters. The number of carboxylic acid groups (broad SMARTS) is 1. The van der Waals surface area contributed by atoms with Crippen LogP contribution >= 0.6 is 0 Å². The monoisotopic (exact) mass is 241 g/mol. The van der Waals surface area contributed by atoms with E-state index in [1.54, 1.807) is 0 Å². The van der Waals surface area contributed by atoms with Gasteiger partial charge in [0.15, 0.2) is 0 Å². The third kappa shape index (κ3) is 3.33. The number of rotatable bonds is 4. The van der Waals surface area contributed by atoms with Crippen LogP contribution in [0.25, 0.3) is 0 Å². The maximum Gasteiger partial charge on any atom is 0.315 e. The fourth-order valence-corrected chi connectivity index (χ4v) is 2.63. The SMILES string of the molecule is O=C(O)CCNC(=O)NC1CN2CCC1CC2.